The predicted molar refractivity (Wildman–Crippen MR) is 55.8 cm³/mol. The second kappa shape index (κ2) is 3.82. The summed E-state index contributed by atoms with van der Waals surface area (Å²) in [5.74, 6) is 0. The van der Waals surface area contributed by atoms with Gasteiger partial charge in [-0.15, -0.1) is 0 Å². The van der Waals surface area contributed by atoms with E-state index in [1.807, 2.05) is 30.3 Å². The minimum atomic E-state index is -0.189. The van der Waals surface area contributed by atoms with Crippen molar-refractivity contribution in [3.05, 3.63) is 36.0 Å². The van der Waals surface area contributed by atoms with Crippen molar-refractivity contribution in [1.82, 2.24) is 0 Å². The van der Waals surface area contributed by atoms with Gasteiger partial charge in [0.1, 0.15) is 7.05 Å². The summed E-state index contributed by atoms with van der Waals surface area (Å²) in [6.07, 6.45) is 0.602. The standard InChI is InChI=1S/C11H9NO2S/c1-12-9(7-13)11(14)15-10(12)8-5-3-2-4-6-8/h2-7H,1H3. The van der Waals surface area contributed by atoms with Crippen LogP contribution < -0.4 is 9.67 Å². The Hall–Kier alpha value is -1.68. The first-order valence-electron chi connectivity index (χ1n) is 4.44. The van der Waals surface area contributed by atoms with Gasteiger partial charge in [0.05, 0.1) is 5.56 Å². The molecule has 4 heteroatoms. The van der Waals surface area contributed by atoms with Crippen LogP contribution in [0, 0.1) is 0 Å². The molecule has 0 spiro atoms. The van der Waals surface area contributed by atoms with E-state index >= 15 is 0 Å². The zero-order chi connectivity index (χ0) is 10.8. The monoisotopic (exact) mass is 219 g/mol. The van der Waals surface area contributed by atoms with Crippen LogP contribution in [0.4, 0.5) is 0 Å². The molecule has 0 aliphatic carbocycles. The van der Waals surface area contributed by atoms with Gasteiger partial charge in [-0.05, 0) is 12.1 Å². The van der Waals surface area contributed by atoms with Crippen molar-refractivity contribution in [3.8, 4) is 15.6 Å². The summed E-state index contributed by atoms with van der Waals surface area (Å²) in [7, 11) is 1.73. The Balaban J connectivity index is 2.60. The van der Waals surface area contributed by atoms with Crippen molar-refractivity contribution in [2.75, 3.05) is 0 Å². The van der Waals surface area contributed by atoms with E-state index in [0.717, 1.165) is 21.9 Å². The number of hydrogen-bond donors (Lipinski definition) is 0. The molecule has 0 atom stereocenters. The quantitative estimate of drug-likeness (QED) is 0.561. The second-order valence-electron chi connectivity index (χ2n) is 3.12. The van der Waals surface area contributed by atoms with E-state index in [9.17, 15) is 9.90 Å². The van der Waals surface area contributed by atoms with Gasteiger partial charge in [0.25, 0.3) is 5.01 Å². The topological polar surface area (TPSA) is 44.0 Å². The smallest absolute Gasteiger partial charge is 0.268 e. The fourth-order valence-corrected chi connectivity index (χ4v) is 2.37. The Bertz CT molecular complexity index is 491. The molecule has 3 nitrogen and oxygen atoms in total. The zero-order valence-electron chi connectivity index (χ0n) is 8.14. The summed E-state index contributed by atoms with van der Waals surface area (Å²) < 4.78 is 1.63. The zero-order valence-corrected chi connectivity index (χ0v) is 8.95. The van der Waals surface area contributed by atoms with E-state index in [4.69, 9.17) is 0 Å². The summed E-state index contributed by atoms with van der Waals surface area (Å²) in [5, 5.41) is 12.1. The van der Waals surface area contributed by atoms with Crippen molar-refractivity contribution in [2.45, 2.75) is 0 Å². The molecule has 0 aliphatic heterocycles. The van der Waals surface area contributed by atoms with Gasteiger partial charge >= 0.3 is 0 Å². The largest absolute Gasteiger partial charge is 0.860 e. The third-order valence-corrected chi connectivity index (χ3v) is 3.29. The average molecular weight is 219 g/mol. The third kappa shape index (κ3) is 1.64. The molecular formula is C11H9NO2S. The molecule has 0 saturated heterocycles. The molecule has 0 fully saturated rings. The lowest BCUT2D eigenvalue weighted by Crippen LogP contribution is -2.33. The lowest BCUT2D eigenvalue weighted by atomic mass is 10.2. The molecule has 1 aromatic heterocycles. The van der Waals surface area contributed by atoms with Crippen molar-refractivity contribution in [2.24, 2.45) is 7.05 Å². The van der Waals surface area contributed by atoms with E-state index in [2.05, 4.69) is 0 Å². The highest BCUT2D eigenvalue weighted by atomic mass is 32.1. The van der Waals surface area contributed by atoms with E-state index in [1.165, 1.54) is 0 Å². The summed E-state index contributed by atoms with van der Waals surface area (Å²) in [6.45, 7) is 0. The summed E-state index contributed by atoms with van der Waals surface area (Å²) in [5.41, 5.74) is 1.16. The number of aromatic nitrogens is 1. The number of rotatable bonds is 2. The molecule has 0 saturated carbocycles. The maximum absolute atomic E-state index is 11.4. The highest BCUT2D eigenvalue weighted by Gasteiger charge is 2.18. The summed E-state index contributed by atoms with van der Waals surface area (Å²) in [4.78, 5) is 10.7. The van der Waals surface area contributed by atoms with Crippen molar-refractivity contribution < 1.29 is 14.5 Å². The molecule has 1 heterocycles. The summed E-state index contributed by atoms with van der Waals surface area (Å²) >= 11 is 1.09. The number of aldehydes is 1. The molecule has 2 aromatic rings. The lowest BCUT2D eigenvalue weighted by Gasteiger charge is -1.93. The molecule has 15 heavy (non-hydrogen) atoms. The van der Waals surface area contributed by atoms with E-state index in [0.29, 0.717) is 6.29 Å². The van der Waals surface area contributed by atoms with Crippen LogP contribution in [0.25, 0.3) is 10.6 Å². The number of thiazole rings is 1. The minimum Gasteiger partial charge on any atom is -0.860 e. The number of hydrogen-bond acceptors (Lipinski definition) is 3. The van der Waals surface area contributed by atoms with Crippen LogP contribution in [-0.4, -0.2) is 6.29 Å². The fourth-order valence-electron chi connectivity index (χ4n) is 1.42. The van der Waals surface area contributed by atoms with Crippen molar-refractivity contribution >= 4 is 17.6 Å². The first-order chi connectivity index (χ1) is 7.24. The molecule has 0 N–H and O–H groups in total. The maximum Gasteiger partial charge on any atom is 0.268 e. The van der Waals surface area contributed by atoms with Crippen LogP contribution in [0.3, 0.4) is 0 Å². The highest BCUT2D eigenvalue weighted by Crippen LogP contribution is 2.27. The average Bonchev–Trinajstić information content (AvgIpc) is 2.55. The molecular weight excluding hydrogens is 210 g/mol. The SMILES string of the molecule is C[n+]1c(-c2ccccc2)sc([O-])c1C=O. The molecule has 0 bridgehead atoms. The van der Waals surface area contributed by atoms with E-state index in [-0.39, 0.29) is 10.8 Å². The van der Waals surface area contributed by atoms with Gasteiger partial charge in [-0.1, -0.05) is 29.5 Å². The molecule has 0 amide bonds. The Labute approximate surface area is 91.2 Å². The second-order valence-corrected chi connectivity index (χ2v) is 4.08. The molecule has 1 aromatic carbocycles. The minimum absolute atomic E-state index is 0.189. The Morgan fingerprint density at radius 3 is 2.53 bits per heavy atom. The van der Waals surface area contributed by atoms with Crippen LogP contribution in [-0.2, 0) is 7.05 Å². The predicted octanol–water partition coefficient (Wildman–Crippen LogP) is 1.13. The first-order valence-corrected chi connectivity index (χ1v) is 5.26. The van der Waals surface area contributed by atoms with Gasteiger partial charge in [-0.25, -0.2) is 0 Å². The van der Waals surface area contributed by atoms with E-state index in [1.54, 1.807) is 11.6 Å². The van der Waals surface area contributed by atoms with Crippen LogP contribution in [0.15, 0.2) is 30.3 Å². The van der Waals surface area contributed by atoms with Gasteiger partial charge in [-0.2, -0.15) is 4.57 Å². The van der Waals surface area contributed by atoms with Gasteiger partial charge in [0.2, 0.25) is 12.0 Å². The van der Waals surface area contributed by atoms with Crippen LogP contribution in [0.2, 0.25) is 0 Å². The molecule has 0 radical (unpaired) electrons. The first kappa shape index (κ1) is 9.86. The van der Waals surface area contributed by atoms with Gasteiger partial charge < -0.3 is 5.11 Å². The number of carbonyl (C=O) groups is 1. The van der Waals surface area contributed by atoms with Crippen LogP contribution in [0.1, 0.15) is 10.5 Å². The maximum atomic E-state index is 11.4. The Morgan fingerprint density at radius 2 is 2.00 bits per heavy atom. The number of carbonyl (C=O) groups excluding carboxylic acids is 1. The Morgan fingerprint density at radius 1 is 1.33 bits per heavy atom. The summed E-state index contributed by atoms with van der Waals surface area (Å²) in [6, 6.07) is 9.55. The van der Waals surface area contributed by atoms with Gasteiger partial charge in [-0.3, -0.25) is 4.79 Å². The number of nitrogens with zero attached hydrogens (tertiary/aromatic N) is 1. The van der Waals surface area contributed by atoms with Crippen molar-refractivity contribution in [1.29, 1.82) is 0 Å². The Kier molecular flexibility index (Phi) is 2.51. The fraction of sp³-hybridized carbons (Fsp3) is 0.0909. The molecule has 0 unspecified atom stereocenters. The molecule has 2 rings (SSSR count). The lowest BCUT2D eigenvalue weighted by molar-refractivity contribution is -0.659. The number of benzene rings is 1. The third-order valence-electron chi connectivity index (χ3n) is 2.20. The van der Waals surface area contributed by atoms with Crippen LogP contribution in [0.5, 0.6) is 5.06 Å². The van der Waals surface area contributed by atoms with Crippen LogP contribution >= 0.6 is 11.3 Å². The van der Waals surface area contributed by atoms with E-state index < -0.39 is 0 Å². The molecule has 76 valence electrons. The molecule has 0 aliphatic rings. The van der Waals surface area contributed by atoms with Gasteiger partial charge in [0, 0.05) is 5.06 Å². The van der Waals surface area contributed by atoms with Gasteiger partial charge in [0.15, 0.2) is 0 Å². The van der Waals surface area contributed by atoms with Crippen molar-refractivity contribution in [3.63, 3.8) is 0 Å². The highest BCUT2D eigenvalue weighted by molar-refractivity contribution is 7.16. The normalized spacial score (nSPS) is 10.2.